The Morgan fingerprint density at radius 3 is 2.56 bits per heavy atom. The maximum atomic E-state index is 12.7. The molecule has 0 bridgehead atoms. The van der Waals surface area contributed by atoms with Gasteiger partial charge in [0, 0.05) is 53.9 Å². The van der Waals surface area contributed by atoms with E-state index < -0.39 is 0 Å². The van der Waals surface area contributed by atoms with Gasteiger partial charge in [0.25, 0.3) is 0 Å². The summed E-state index contributed by atoms with van der Waals surface area (Å²) in [6, 6.07) is 15.6. The molecule has 0 aliphatic heterocycles. The van der Waals surface area contributed by atoms with Crippen LogP contribution in [0.4, 0.5) is 10.5 Å². The minimum Gasteiger partial charge on any atom is -0.422 e. The van der Waals surface area contributed by atoms with Crippen molar-refractivity contribution in [2.24, 2.45) is 0 Å². The summed E-state index contributed by atoms with van der Waals surface area (Å²) in [6.45, 7) is 8.53. The fourth-order valence-electron chi connectivity index (χ4n) is 4.22. The zero-order valence-electron chi connectivity index (χ0n) is 19.9. The second-order valence-corrected chi connectivity index (χ2v) is 8.23. The Kier molecular flexibility index (Phi) is 7.11. The average Bonchev–Trinajstić information content (AvgIpc) is 2.85. The Morgan fingerprint density at radius 2 is 1.79 bits per heavy atom. The van der Waals surface area contributed by atoms with Gasteiger partial charge in [-0.05, 0) is 56.3 Å². The number of carbonyl (C=O) groups is 1. The molecular weight excluding hydrogens is 428 g/mol. The van der Waals surface area contributed by atoms with Gasteiger partial charge in [0.1, 0.15) is 5.58 Å². The van der Waals surface area contributed by atoms with Crippen LogP contribution in [0.15, 0.2) is 63.9 Å². The molecule has 2 aromatic carbocycles. The molecule has 0 radical (unpaired) electrons. The summed E-state index contributed by atoms with van der Waals surface area (Å²) in [5.74, 6) is 0. The van der Waals surface area contributed by atoms with E-state index in [1.54, 1.807) is 6.20 Å². The predicted molar refractivity (Wildman–Crippen MR) is 136 cm³/mol. The normalized spacial score (nSPS) is 11.0. The van der Waals surface area contributed by atoms with Crippen LogP contribution in [0.1, 0.15) is 30.7 Å². The number of urea groups is 1. The summed E-state index contributed by atoms with van der Waals surface area (Å²) in [4.78, 5) is 31.5. The lowest BCUT2D eigenvalue weighted by Crippen LogP contribution is -2.36. The molecule has 2 aromatic heterocycles. The predicted octanol–water partition coefficient (Wildman–Crippen LogP) is 4.54. The Morgan fingerprint density at radius 1 is 1.03 bits per heavy atom. The van der Waals surface area contributed by atoms with Gasteiger partial charge in [-0.25, -0.2) is 9.59 Å². The van der Waals surface area contributed by atoms with Crippen LogP contribution in [0.25, 0.3) is 21.7 Å². The molecule has 0 spiro atoms. The van der Waals surface area contributed by atoms with Gasteiger partial charge in [0.05, 0.1) is 12.2 Å². The van der Waals surface area contributed by atoms with Gasteiger partial charge in [-0.1, -0.05) is 24.3 Å². The van der Waals surface area contributed by atoms with Crippen molar-refractivity contribution in [2.45, 2.75) is 33.7 Å². The quantitative estimate of drug-likeness (QED) is 0.379. The molecule has 0 aliphatic rings. The van der Waals surface area contributed by atoms with E-state index in [-0.39, 0.29) is 11.7 Å². The van der Waals surface area contributed by atoms with E-state index in [0.29, 0.717) is 30.7 Å². The number of carbonyl (C=O) groups excluding carboxylic acids is 1. The number of rotatable bonds is 8. The molecule has 7 nitrogen and oxygen atoms in total. The highest BCUT2D eigenvalue weighted by molar-refractivity contribution is 5.84. The van der Waals surface area contributed by atoms with E-state index in [4.69, 9.17) is 4.42 Å². The largest absolute Gasteiger partial charge is 0.422 e. The summed E-state index contributed by atoms with van der Waals surface area (Å²) >= 11 is 0. The molecule has 7 heteroatoms. The highest BCUT2D eigenvalue weighted by Gasteiger charge is 2.13. The first kappa shape index (κ1) is 23.3. The molecule has 2 N–H and O–H groups in total. The number of hydrogen-bond acceptors (Lipinski definition) is 5. The number of anilines is 1. The first-order chi connectivity index (χ1) is 16.5. The van der Waals surface area contributed by atoms with Crippen molar-refractivity contribution in [1.82, 2.24) is 15.6 Å². The third-order valence-corrected chi connectivity index (χ3v) is 6.18. The van der Waals surface area contributed by atoms with Crippen molar-refractivity contribution in [3.05, 3.63) is 82.0 Å². The Balaban J connectivity index is 1.37. The molecule has 176 valence electrons. The molecule has 2 heterocycles. The second kappa shape index (κ2) is 10.4. The van der Waals surface area contributed by atoms with E-state index in [0.717, 1.165) is 46.2 Å². The monoisotopic (exact) mass is 458 g/mol. The van der Waals surface area contributed by atoms with E-state index in [2.05, 4.69) is 40.4 Å². The van der Waals surface area contributed by atoms with Gasteiger partial charge < -0.3 is 20.0 Å². The molecule has 0 saturated heterocycles. The number of fused-ring (bicyclic) bond motifs is 2. The summed E-state index contributed by atoms with van der Waals surface area (Å²) in [6.07, 6.45) is 2.19. The van der Waals surface area contributed by atoms with Crippen LogP contribution in [0, 0.1) is 6.92 Å². The second-order valence-electron chi connectivity index (χ2n) is 8.23. The maximum Gasteiger partial charge on any atom is 0.339 e. The molecule has 2 amide bonds. The highest BCUT2D eigenvalue weighted by Crippen LogP contribution is 2.25. The zero-order valence-corrected chi connectivity index (χ0v) is 19.9. The van der Waals surface area contributed by atoms with Crippen molar-refractivity contribution in [2.75, 3.05) is 24.5 Å². The minimum atomic E-state index is -0.357. The number of nitrogens with one attached hydrogen (secondary N) is 2. The number of nitrogens with zero attached hydrogens (tertiary/aromatic N) is 2. The lowest BCUT2D eigenvalue weighted by Gasteiger charge is -2.21. The van der Waals surface area contributed by atoms with Crippen LogP contribution < -0.4 is 21.2 Å². The smallest absolute Gasteiger partial charge is 0.339 e. The Labute approximate surface area is 198 Å². The van der Waals surface area contributed by atoms with E-state index >= 15 is 0 Å². The molecule has 0 fully saturated rings. The number of benzene rings is 2. The van der Waals surface area contributed by atoms with Crippen molar-refractivity contribution < 1.29 is 9.21 Å². The summed E-state index contributed by atoms with van der Waals surface area (Å²) < 4.78 is 5.63. The van der Waals surface area contributed by atoms with Crippen LogP contribution in [-0.4, -0.2) is 30.6 Å². The van der Waals surface area contributed by atoms with E-state index in [1.165, 1.54) is 0 Å². The van der Waals surface area contributed by atoms with Crippen molar-refractivity contribution >= 4 is 33.5 Å². The third-order valence-electron chi connectivity index (χ3n) is 6.18. The van der Waals surface area contributed by atoms with Gasteiger partial charge in [-0.3, -0.25) is 4.98 Å². The Bertz CT molecular complexity index is 1380. The summed E-state index contributed by atoms with van der Waals surface area (Å²) in [5, 5.41) is 8.69. The number of amides is 2. The van der Waals surface area contributed by atoms with Crippen LogP contribution in [0.2, 0.25) is 0 Å². The number of pyridine rings is 1. The third kappa shape index (κ3) is 5.03. The maximum absolute atomic E-state index is 12.7. The van der Waals surface area contributed by atoms with Gasteiger partial charge in [-0.2, -0.15) is 0 Å². The Hall–Kier alpha value is -3.87. The van der Waals surface area contributed by atoms with E-state index in [1.807, 2.05) is 49.4 Å². The van der Waals surface area contributed by atoms with Crippen molar-refractivity contribution in [3.63, 3.8) is 0 Å². The standard InChI is InChI=1S/C27H30N4O3/c1-4-31(5-2)22-10-11-23-18(3)24(26(32)34-25(23)15-22)12-13-28-27(33)30-17-21-14-19-8-6-7-9-20(19)16-29-21/h6-11,14-16H,4-5,12-13,17H2,1-3H3,(H2,28,30,33). The van der Waals surface area contributed by atoms with Crippen LogP contribution in [0.5, 0.6) is 0 Å². The molecular formula is C27H30N4O3. The van der Waals surface area contributed by atoms with Gasteiger partial charge in [0.15, 0.2) is 0 Å². The van der Waals surface area contributed by atoms with Gasteiger partial charge in [-0.15, -0.1) is 0 Å². The van der Waals surface area contributed by atoms with E-state index in [9.17, 15) is 9.59 Å². The first-order valence-electron chi connectivity index (χ1n) is 11.7. The molecule has 0 saturated carbocycles. The number of hydrogen-bond donors (Lipinski definition) is 2. The topological polar surface area (TPSA) is 87.5 Å². The van der Waals surface area contributed by atoms with Gasteiger partial charge >= 0.3 is 11.7 Å². The lowest BCUT2D eigenvalue weighted by molar-refractivity contribution is 0.240. The number of aromatic nitrogens is 1. The summed E-state index contributed by atoms with van der Waals surface area (Å²) in [7, 11) is 0. The van der Waals surface area contributed by atoms with Gasteiger partial charge in [0.2, 0.25) is 0 Å². The van der Waals surface area contributed by atoms with Crippen molar-refractivity contribution in [3.8, 4) is 0 Å². The molecule has 34 heavy (non-hydrogen) atoms. The summed E-state index contributed by atoms with van der Waals surface area (Å²) in [5.41, 5.74) is 3.52. The minimum absolute atomic E-state index is 0.304. The molecule has 0 aliphatic carbocycles. The molecule has 4 aromatic rings. The fraction of sp³-hybridized carbons (Fsp3) is 0.296. The highest BCUT2D eigenvalue weighted by atomic mass is 16.4. The average molecular weight is 459 g/mol. The molecule has 4 rings (SSSR count). The fourth-order valence-corrected chi connectivity index (χ4v) is 4.22. The van der Waals surface area contributed by atoms with Crippen molar-refractivity contribution in [1.29, 1.82) is 0 Å². The van der Waals surface area contributed by atoms with Crippen LogP contribution >= 0.6 is 0 Å². The molecule has 0 atom stereocenters. The number of aryl methyl sites for hydroxylation is 1. The van der Waals surface area contributed by atoms with Crippen LogP contribution in [0.3, 0.4) is 0 Å². The molecule has 0 unspecified atom stereocenters. The first-order valence-corrected chi connectivity index (χ1v) is 11.7. The SMILES string of the molecule is CCN(CC)c1ccc2c(C)c(CCNC(=O)NCc3cc4ccccc4cn3)c(=O)oc2c1. The van der Waals surface area contributed by atoms with Crippen LogP contribution in [-0.2, 0) is 13.0 Å². The zero-order chi connectivity index (χ0) is 24.1. The lowest BCUT2D eigenvalue weighted by atomic mass is 10.0.